The smallest absolute Gasteiger partial charge is 0.191 e. The van der Waals surface area contributed by atoms with E-state index in [-0.39, 0.29) is 24.0 Å². The maximum absolute atomic E-state index is 4.46. The molecule has 0 aromatic rings. The predicted octanol–water partition coefficient (Wildman–Crippen LogP) is 2.62. The molecular weight excluding hydrogens is 425 g/mol. The third-order valence-electron chi connectivity index (χ3n) is 5.76. The zero-order valence-electron chi connectivity index (χ0n) is 17.1. The molecule has 5 nitrogen and oxygen atoms in total. The van der Waals surface area contributed by atoms with Crippen LogP contribution in [-0.4, -0.2) is 73.7 Å². The highest BCUT2D eigenvalue weighted by molar-refractivity contribution is 14.0. The molecule has 25 heavy (non-hydrogen) atoms. The van der Waals surface area contributed by atoms with Gasteiger partial charge in [0.2, 0.25) is 0 Å². The summed E-state index contributed by atoms with van der Waals surface area (Å²) in [6.45, 7) is 17.3. The molecule has 0 amide bonds. The topological polar surface area (TPSA) is 42.9 Å². The number of nitrogens with one attached hydrogen (secondary N) is 2. The van der Waals surface area contributed by atoms with E-state index in [9.17, 15) is 0 Å². The van der Waals surface area contributed by atoms with Crippen LogP contribution in [0.4, 0.5) is 0 Å². The molecule has 3 unspecified atom stereocenters. The van der Waals surface area contributed by atoms with Crippen LogP contribution in [0.1, 0.15) is 47.5 Å². The van der Waals surface area contributed by atoms with Crippen molar-refractivity contribution >= 4 is 29.9 Å². The van der Waals surface area contributed by atoms with Gasteiger partial charge in [-0.15, -0.1) is 24.0 Å². The molecule has 0 bridgehead atoms. The van der Waals surface area contributed by atoms with E-state index in [0.717, 1.165) is 25.0 Å². The van der Waals surface area contributed by atoms with Gasteiger partial charge >= 0.3 is 0 Å². The minimum atomic E-state index is 0. The normalized spacial score (nSPS) is 29.1. The lowest BCUT2D eigenvalue weighted by molar-refractivity contribution is 0.141. The Morgan fingerprint density at radius 2 is 1.76 bits per heavy atom. The molecule has 2 heterocycles. The van der Waals surface area contributed by atoms with Gasteiger partial charge in [-0.2, -0.15) is 0 Å². The zero-order valence-corrected chi connectivity index (χ0v) is 19.4. The van der Waals surface area contributed by atoms with E-state index in [1.54, 1.807) is 0 Å². The summed E-state index contributed by atoms with van der Waals surface area (Å²) in [7, 11) is 1.89. The summed E-state index contributed by atoms with van der Waals surface area (Å²) in [6.07, 6.45) is 2.65. The Morgan fingerprint density at radius 1 is 1.08 bits per heavy atom. The van der Waals surface area contributed by atoms with Crippen molar-refractivity contribution in [1.82, 2.24) is 20.4 Å². The number of hydrogen-bond donors (Lipinski definition) is 2. The number of aliphatic imine (C=N–C) groups is 1. The molecule has 0 radical (unpaired) electrons. The lowest BCUT2D eigenvalue weighted by atomic mass is 9.97. The highest BCUT2D eigenvalue weighted by Gasteiger charge is 2.31. The second-order valence-corrected chi connectivity index (χ2v) is 8.33. The molecule has 0 aromatic heterocycles. The fourth-order valence-corrected chi connectivity index (χ4v) is 3.96. The Hall–Kier alpha value is -0.0800. The van der Waals surface area contributed by atoms with Gasteiger partial charge in [0.15, 0.2) is 5.96 Å². The maximum Gasteiger partial charge on any atom is 0.191 e. The molecule has 2 saturated heterocycles. The van der Waals surface area contributed by atoms with Crippen LogP contribution in [0.5, 0.6) is 0 Å². The van der Waals surface area contributed by atoms with Crippen LogP contribution in [0.3, 0.4) is 0 Å². The molecular formula is C19H40IN5. The standard InChI is InChI=1S/C19H39N5.HI/c1-14(2)23-9-7-8-17(12-23)10-21-19(20-6)22-18-13-24(15(3)4)11-16(18)5;/h14-18H,7-13H2,1-6H3,(H2,20,21,22);1H. The van der Waals surface area contributed by atoms with Crippen molar-refractivity contribution in [3.05, 3.63) is 0 Å². The van der Waals surface area contributed by atoms with Gasteiger partial charge in [0.1, 0.15) is 0 Å². The molecule has 0 aromatic carbocycles. The molecule has 2 fully saturated rings. The van der Waals surface area contributed by atoms with Crippen LogP contribution >= 0.6 is 24.0 Å². The third kappa shape index (κ3) is 6.86. The number of halogens is 1. The van der Waals surface area contributed by atoms with Crippen LogP contribution in [0.25, 0.3) is 0 Å². The van der Waals surface area contributed by atoms with Crippen molar-refractivity contribution in [2.75, 3.05) is 39.8 Å². The summed E-state index contributed by atoms with van der Waals surface area (Å²) in [5.41, 5.74) is 0. The first-order valence-corrected chi connectivity index (χ1v) is 9.86. The van der Waals surface area contributed by atoms with Gasteiger partial charge in [-0.1, -0.05) is 6.92 Å². The van der Waals surface area contributed by atoms with E-state index in [1.165, 1.54) is 32.5 Å². The van der Waals surface area contributed by atoms with Gasteiger partial charge in [0, 0.05) is 51.4 Å². The number of nitrogens with zero attached hydrogens (tertiary/aromatic N) is 3. The van der Waals surface area contributed by atoms with Crippen LogP contribution < -0.4 is 10.6 Å². The van der Waals surface area contributed by atoms with Crippen LogP contribution in [-0.2, 0) is 0 Å². The SMILES string of the molecule is CN=C(NCC1CCCN(C(C)C)C1)NC1CN(C(C)C)CC1C.I. The molecule has 2 aliphatic rings. The Balaban J connectivity index is 0.00000312. The fraction of sp³-hybridized carbons (Fsp3) is 0.947. The summed E-state index contributed by atoms with van der Waals surface area (Å²) >= 11 is 0. The lowest BCUT2D eigenvalue weighted by Gasteiger charge is -2.35. The van der Waals surface area contributed by atoms with Gasteiger partial charge in [0.25, 0.3) is 0 Å². The van der Waals surface area contributed by atoms with E-state index < -0.39 is 0 Å². The van der Waals surface area contributed by atoms with Crippen molar-refractivity contribution < 1.29 is 0 Å². The average Bonchev–Trinajstić information content (AvgIpc) is 2.92. The highest BCUT2D eigenvalue weighted by Crippen LogP contribution is 2.19. The fourth-order valence-electron chi connectivity index (χ4n) is 3.96. The number of rotatable bonds is 5. The van der Waals surface area contributed by atoms with Crippen LogP contribution in [0.15, 0.2) is 4.99 Å². The third-order valence-corrected chi connectivity index (χ3v) is 5.76. The second-order valence-electron chi connectivity index (χ2n) is 8.33. The summed E-state index contributed by atoms with van der Waals surface area (Å²) in [5.74, 6) is 2.36. The Kier molecular flexibility index (Phi) is 10.0. The summed E-state index contributed by atoms with van der Waals surface area (Å²) in [4.78, 5) is 9.61. The molecule has 3 atom stereocenters. The van der Waals surface area contributed by atoms with Gasteiger partial charge in [-0.25, -0.2) is 0 Å². The molecule has 0 spiro atoms. The van der Waals surface area contributed by atoms with Crippen molar-refractivity contribution in [3.63, 3.8) is 0 Å². The Bertz CT molecular complexity index is 413. The number of guanidine groups is 1. The van der Waals surface area contributed by atoms with Crippen molar-refractivity contribution in [2.24, 2.45) is 16.8 Å². The highest BCUT2D eigenvalue weighted by atomic mass is 127. The molecule has 0 aliphatic carbocycles. The molecule has 148 valence electrons. The first-order chi connectivity index (χ1) is 11.4. The monoisotopic (exact) mass is 465 g/mol. The Morgan fingerprint density at radius 3 is 2.32 bits per heavy atom. The van der Waals surface area contributed by atoms with Crippen molar-refractivity contribution in [2.45, 2.75) is 65.6 Å². The van der Waals surface area contributed by atoms with Gasteiger partial charge < -0.3 is 15.5 Å². The number of likely N-dealkylation sites (tertiary alicyclic amines) is 2. The summed E-state index contributed by atoms with van der Waals surface area (Å²) in [5, 5.41) is 7.24. The quantitative estimate of drug-likeness (QED) is 0.372. The lowest BCUT2D eigenvalue weighted by Crippen LogP contribution is -2.49. The van der Waals surface area contributed by atoms with Crippen molar-refractivity contribution in [1.29, 1.82) is 0 Å². The van der Waals surface area contributed by atoms with Crippen molar-refractivity contribution in [3.8, 4) is 0 Å². The predicted molar refractivity (Wildman–Crippen MR) is 119 cm³/mol. The largest absolute Gasteiger partial charge is 0.356 e. The van der Waals surface area contributed by atoms with E-state index in [4.69, 9.17) is 0 Å². The van der Waals surface area contributed by atoms with Crippen LogP contribution in [0.2, 0.25) is 0 Å². The molecule has 2 aliphatic heterocycles. The molecule has 2 rings (SSSR count). The Labute approximate surface area is 172 Å². The summed E-state index contributed by atoms with van der Waals surface area (Å²) < 4.78 is 0. The average molecular weight is 465 g/mol. The molecule has 2 N–H and O–H groups in total. The van der Waals surface area contributed by atoms with E-state index in [1.807, 2.05) is 7.05 Å². The first kappa shape index (κ1) is 23.0. The van der Waals surface area contributed by atoms with Crippen LogP contribution in [0, 0.1) is 11.8 Å². The molecule has 6 heteroatoms. The maximum atomic E-state index is 4.46. The second kappa shape index (κ2) is 10.9. The van der Waals surface area contributed by atoms with Gasteiger partial charge in [0.05, 0.1) is 0 Å². The van der Waals surface area contributed by atoms with Gasteiger partial charge in [-0.3, -0.25) is 9.89 Å². The minimum Gasteiger partial charge on any atom is -0.356 e. The minimum absolute atomic E-state index is 0. The summed E-state index contributed by atoms with van der Waals surface area (Å²) in [6, 6.07) is 1.78. The first-order valence-electron chi connectivity index (χ1n) is 9.86. The van der Waals surface area contributed by atoms with Gasteiger partial charge in [-0.05, 0) is 58.9 Å². The number of hydrogen-bond acceptors (Lipinski definition) is 3. The van der Waals surface area contributed by atoms with E-state index in [0.29, 0.717) is 24.0 Å². The number of piperidine rings is 1. The molecule has 0 saturated carbocycles. The van der Waals surface area contributed by atoms with E-state index >= 15 is 0 Å². The zero-order chi connectivity index (χ0) is 17.7. The van der Waals surface area contributed by atoms with E-state index in [2.05, 4.69) is 60.0 Å².